The van der Waals surface area contributed by atoms with Crippen molar-refractivity contribution in [2.75, 3.05) is 16.8 Å². The third kappa shape index (κ3) is 2.76. The topological polar surface area (TPSA) is 85.1 Å². The van der Waals surface area contributed by atoms with E-state index in [-0.39, 0.29) is 17.5 Å². The maximum atomic E-state index is 11.4. The molecule has 2 aromatic rings. The van der Waals surface area contributed by atoms with Gasteiger partial charge in [0.05, 0.1) is 11.5 Å². The molecule has 100 valence electrons. The molecule has 2 heterocycles. The van der Waals surface area contributed by atoms with E-state index in [2.05, 4.69) is 15.5 Å². The quantitative estimate of drug-likeness (QED) is 0.912. The van der Waals surface area contributed by atoms with Gasteiger partial charge in [-0.15, -0.1) is 10.2 Å². The molecule has 7 heteroatoms. The number of hydrogen-bond acceptors (Lipinski definition) is 6. The van der Waals surface area contributed by atoms with E-state index in [1.807, 2.05) is 24.3 Å². The molecule has 6 nitrogen and oxygen atoms in total. The molecular formula is C12H13N3O3S. The van der Waals surface area contributed by atoms with Gasteiger partial charge in [-0.05, 0) is 24.6 Å². The molecule has 0 bridgehead atoms. The average Bonchev–Trinajstić information content (AvgIpc) is 2.99. The standard InChI is InChI=1S/C12H13N3O3S/c16-19(17)5-4-11(7-19)14-10-3-1-2-9(6-10)12-15-13-8-18-12/h1-3,6,8,11,14H,4-5,7H2. The van der Waals surface area contributed by atoms with Crippen LogP contribution in [0.4, 0.5) is 5.69 Å². The Hall–Kier alpha value is -1.89. The number of nitrogens with zero attached hydrogens (tertiary/aromatic N) is 2. The summed E-state index contributed by atoms with van der Waals surface area (Å²) in [6.45, 7) is 0. The Balaban J connectivity index is 1.77. The Morgan fingerprint density at radius 2 is 2.26 bits per heavy atom. The van der Waals surface area contributed by atoms with E-state index >= 15 is 0 Å². The molecule has 19 heavy (non-hydrogen) atoms. The van der Waals surface area contributed by atoms with Crippen LogP contribution in [0.15, 0.2) is 35.1 Å². The van der Waals surface area contributed by atoms with Gasteiger partial charge in [0.1, 0.15) is 0 Å². The largest absolute Gasteiger partial charge is 0.423 e. The first-order valence-corrected chi connectivity index (χ1v) is 7.78. The summed E-state index contributed by atoms with van der Waals surface area (Å²) in [6.07, 6.45) is 1.92. The highest BCUT2D eigenvalue weighted by Gasteiger charge is 2.27. The van der Waals surface area contributed by atoms with Crippen LogP contribution in [0.25, 0.3) is 11.5 Å². The summed E-state index contributed by atoms with van der Waals surface area (Å²) in [7, 11) is -2.87. The molecule has 0 spiro atoms. The fraction of sp³-hybridized carbons (Fsp3) is 0.333. The molecular weight excluding hydrogens is 266 g/mol. The molecule has 1 saturated heterocycles. The zero-order valence-corrected chi connectivity index (χ0v) is 10.9. The number of benzene rings is 1. The Labute approximate surface area is 110 Å². The Morgan fingerprint density at radius 1 is 1.37 bits per heavy atom. The number of rotatable bonds is 3. The van der Waals surface area contributed by atoms with Crippen LogP contribution in [0, 0.1) is 0 Å². The molecule has 1 aliphatic heterocycles. The monoisotopic (exact) mass is 279 g/mol. The molecule has 0 aliphatic carbocycles. The Kier molecular flexibility index (Phi) is 2.98. The first-order valence-electron chi connectivity index (χ1n) is 5.96. The molecule has 1 atom stereocenters. The van der Waals surface area contributed by atoms with E-state index in [4.69, 9.17) is 4.42 Å². The van der Waals surface area contributed by atoms with E-state index in [0.717, 1.165) is 11.3 Å². The first-order chi connectivity index (χ1) is 9.12. The highest BCUT2D eigenvalue weighted by molar-refractivity contribution is 7.91. The minimum absolute atomic E-state index is 0.0251. The fourth-order valence-electron chi connectivity index (χ4n) is 2.19. The van der Waals surface area contributed by atoms with Crippen LogP contribution >= 0.6 is 0 Å². The van der Waals surface area contributed by atoms with Crippen molar-refractivity contribution in [3.05, 3.63) is 30.7 Å². The number of hydrogen-bond donors (Lipinski definition) is 1. The van der Waals surface area contributed by atoms with Gasteiger partial charge in [0, 0.05) is 17.3 Å². The molecule has 0 amide bonds. The summed E-state index contributed by atoms with van der Waals surface area (Å²) < 4.78 is 28.0. The lowest BCUT2D eigenvalue weighted by Crippen LogP contribution is -2.20. The van der Waals surface area contributed by atoms with Crippen molar-refractivity contribution in [3.8, 4) is 11.5 Å². The molecule has 1 aromatic carbocycles. The average molecular weight is 279 g/mol. The zero-order chi connectivity index (χ0) is 13.3. The molecule has 0 radical (unpaired) electrons. The maximum absolute atomic E-state index is 11.4. The second kappa shape index (κ2) is 4.65. The van der Waals surface area contributed by atoms with E-state index in [1.54, 1.807) is 0 Å². The SMILES string of the molecule is O=S1(=O)CCC(Nc2cccc(-c3nnco3)c2)C1. The van der Waals surface area contributed by atoms with Crippen LogP contribution in [0.1, 0.15) is 6.42 Å². The van der Waals surface area contributed by atoms with Gasteiger partial charge in [0.25, 0.3) is 0 Å². The normalized spacial score (nSPS) is 21.4. The Bertz CT molecular complexity index is 667. The molecule has 1 unspecified atom stereocenters. The zero-order valence-electron chi connectivity index (χ0n) is 10.1. The van der Waals surface area contributed by atoms with Crippen molar-refractivity contribution in [2.45, 2.75) is 12.5 Å². The lowest BCUT2D eigenvalue weighted by Gasteiger charge is -2.12. The second-order valence-electron chi connectivity index (χ2n) is 4.57. The van der Waals surface area contributed by atoms with Crippen LogP contribution in [0.5, 0.6) is 0 Å². The predicted molar refractivity (Wildman–Crippen MR) is 70.4 cm³/mol. The smallest absolute Gasteiger partial charge is 0.247 e. The van der Waals surface area contributed by atoms with Gasteiger partial charge >= 0.3 is 0 Å². The van der Waals surface area contributed by atoms with Crippen molar-refractivity contribution < 1.29 is 12.8 Å². The minimum Gasteiger partial charge on any atom is -0.423 e. The highest BCUT2D eigenvalue weighted by atomic mass is 32.2. The van der Waals surface area contributed by atoms with Crippen LogP contribution in [0.3, 0.4) is 0 Å². The number of anilines is 1. The fourth-order valence-corrected chi connectivity index (χ4v) is 3.86. The van der Waals surface area contributed by atoms with Crippen LogP contribution in [-0.2, 0) is 9.84 Å². The Morgan fingerprint density at radius 3 is 2.95 bits per heavy atom. The molecule has 1 fully saturated rings. The molecule has 0 saturated carbocycles. The van der Waals surface area contributed by atoms with Crippen molar-refractivity contribution >= 4 is 15.5 Å². The summed E-state index contributed by atoms with van der Waals surface area (Å²) in [5.74, 6) is 0.897. The molecule has 1 aromatic heterocycles. The van der Waals surface area contributed by atoms with Crippen molar-refractivity contribution in [2.24, 2.45) is 0 Å². The van der Waals surface area contributed by atoms with Gasteiger partial charge in [-0.1, -0.05) is 6.07 Å². The highest BCUT2D eigenvalue weighted by Crippen LogP contribution is 2.23. The number of sulfone groups is 1. The van der Waals surface area contributed by atoms with E-state index in [0.29, 0.717) is 12.3 Å². The summed E-state index contributed by atoms with van der Waals surface area (Å²) in [6, 6.07) is 7.47. The molecule has 1 aliphatic rings. The minimum atomic E-state index is -2.87. The summed E-state index contributed by atoms with van der Waals surface area (Å²) in [5.41, 5.74) is 1.67. The summed E-state index contributed by atoms with van der Waals surface area (Å²) in [4.78, 5) is 0. The van der Waals surface area contributed by atoms with Crippen molar-refractivity contribution in [3.63, 3.8) is 0 Å². The van der Waals surface area contributed by atoms with E-state index in [9.17, 15) is 8.42 Å². The van der Waals surface area contributed by atoms with Crippen molar-refractivity contribution in [1.29, 1.82) is 0 Å². The second-order valence-corrected chi connectivity index (χ2v) is 6.80. The third-order valence-corrected chi connectivity index (χ3v) is 4.84. The van der Waals surface area contributed by atoms with Crippen LogP contribution in [-0.4, -0.2) is 36.2 Å². The number of aromatic nitrogens is 2. The first kappa shape index (κ1) is 12.2. The van der Waals surface area contributed by atoms with Gasteiger partial charge in [-0.2, -0.15) is 0 Å². The van der Waals surface area contributed by atoms with Gasteiger partial charge < -0.3 is 9.73 Å². The molecule has 3 rings (SSSR count). The number of nitrogens with one attached hydrogen (secondary N) is 1. The van der Waals surface area contributed by atoms with Crippen molar-refractivity contribution in [1.82, 2.24) is 10.2 Å². The van der Waals surface area contributed by atoms with Gasteiger partial charge in [0.2, 0.25) is 12.3 Å². The van der Waals surface area contributed by atoms with E-state index < -0.39 is 9.84 Å². The van der Waals surface area contributed by atoms with Gasteiger partial charge in [-0.3, -0.25) is 0 Å². The summed E-state index contributed by atoms with van der Waals surface area (Å²) >= 11 is 0. The third-order valence-electron chi connectivity index (χ3n) is 3.07. The molecule has 1 N–H and O–H groups in total. The lowest BCUT2D eigenvalue weighted by molar-refractivity contribution is 0.568. The van der Waals surface area contributed by atoms with E-state index in [1.165, 1.54) is 6.39 Å². The summed E-state index contributed by atoms with van der Waals surface area (Å²) in [5, 5.41) is 10.7. The maximum Gasteiger partial charge on any atom is 0.247 e. The van der Waals surface area contributed by atoms with Gasteiger partial charge in [0.15, 0.2) is 9.84 Å². The predicted octanol–water partition coefficient (Wildman–Crippen LogP) is 1.34. The van der Waals surface area contributed by atoms with Crippen LogP contribution in [0.2, 0.25) is 0 Å². The van der Waals surface area contributed by atoms with Crippen LogP contribution < -0.4 is 5.32 Å². The van der Waals surface area contributed by atoms with Gasteiger partial charge in [-0.25, -0.2) is 8.42 Å². The lowest BCUT2D eigenvalue weighted by atomic mass is 10.2.